The second kappa shape index (κ2) is 9.27. The lowest BCUT2D eigenvalue weighted by atomic mass is 10.1. The smallest absolute Gasteiger partial charge is 0.237 e. The van der Waals surface area contributed by atoms with Crippen LogP contribution in [0.5, 0.6) is 0 Å². The Bertz CT molecular complexity index is 761. The first kappa shape index (κ1) is 19.0. The van der Waals surface area contributed by atoms with Crippen LogP contribution in [0.1, 0.15) is 24.7 Å². The first-order chi connectivity index (χ1) is 13.2. The Morgan fingerprint density at radius 3 is 2.93 bits per heavy atom. The minimum atomic E-state index is -0.446. The lowest BCUT2D eigenvalue weighted by molar-refractivity contribution is -0.134. The number of amides is 2. The van der Waals surface area contributed by atoms with Gasteiger partial charge in [-0.3, -0.25) is 14.5 Å². The molecule has 0 bridgehead atoms. The zero-order valence-corrected chi connectivity index (χ0v) is 15.6. The zero-order valence-electron chi connectivity index (χ0n) is 15.6. The number of carbonyl (C=O) groups is 2. The fraction of sp³-hybridized carbons (Fsp3) is 0.474. The van der Waals surface area contributed by atoms with E-state index in [1.807, 2.05) is 41.8 Å². The summed E-state index contributed by atoms with van der Waals surface area (Å²) < 4.78 is 1.95. The van der Waals surface area contributed by atoms with E-state index in [0.717, 1.165) is 24.5 Å². The van der Waals surface area contributed by atoms with Crippen molar-refractivity contribution < 1.29 is 9.59 Å². The maximum Gasteiger partial charge on any atom is 0.237 e. The number of nitrogens with one attached hydrogen (secondary N) is 2. The van der Waals surface area contributed by atoms with E-state index >= 15 is 0 Å². The Hall–Kier alpha value is -2.74. The van der Waals surface area contributed by atoms with Gasteiger partial charge in [0.25, 0.3) is 0 Å². The Morgan fingerprint density at radius 2 is 2.15 bits per heavy atom. The molecular formula is C19H26N6O2. The molecule has 1 aliphatic rings. The van der Waals surface area contributed by atoms with Crippen molar-refractivity contribution >= 4 is 11.8 Å². The van der Waals surface area contributed by atoms with Crippen LogP contribution in [0.15, 0.2) is 36.7 Å². The SMILES string of the molecule is CCn1cnnc1CCNC(=O)C[C@@H]1C(=O)NCCN1Cc1ccccc1. The summed E-state index contributed by atoms with van der Waals surface area (Å²) >= 11 is 0. The molecule has 144 valence electrons. The lowest BCUT2D eigenvalue weighted by Gasteiger charge is -2.34. The summed E-state index contributed by atoms with van der Waals surface area (Å²) in [7, 11) is 0. The van der Waals surface area contributed by atoms with E-state index in [2.05, 4.69) is 25.7 Å². The molecule has 0 aliphatic carbocycles. The van der Waals surface area contributed by atoms with Crippen LogP contribution in [0.2, 0.25) is 0 Å². The highest BCUT2D eigenvalue weighted by Crippen LogP contribution is 2.13. The number of benzene rings is 1. The molecular weight excluding hydrogens is 344 g/mol. The standard InChI is InChI=1S/C19H26N6O2/c1-2-24-14-22-23-17(24)8-9-20-18(26)12-16-19(27)21-10-11-25(16)13-15-6-4-3-5-7-15/h3-7,14,16H,2,8-13H2,1H3,(H,20,26)(H,21,27)/t16-/m1/s1. The van der Waals surface area contributed by atoms with Gasteiger partial charge < -0.3 is 15.2 Å². The van der Waals surface area contributed by atoms with Gasteiger partial charge in [0, 0.05) is 39.1 Å². The normalized spacial score (nSPS) is 17.5. The number of carbonyl (C=O) groups excluding carboxylic acids is 2. The first-order valence-electron chi connectivity index (χ1n) is 9.36. The minimum absolute atomic E-state index is 0.0851. The molecule has 2 N–H and O–H groups in total. The molecule has 0 unspecified atom stereocenters. The maximum atomic E-state index is 12.4. The molecule has 8 nitrogen and oxygen atoms in total. The van der Waals surface area contributed by atoms with E-state index < -0.39 is 6.04 Å². The predicted molar refractivity (Wildman–Crippen MR) is 101 cm³/mol. The highest BCUT2D eigenvalue weighted by Gasteiger charge is 2.31. The molecule has 0 radical (unpaired) electrons. The van der Waals surface area contributed by atoms with Gasteiger partial charge in [0.2, 0.25) is 11.8 Å². The van der Waals surface area contributed by atoms with Crippen molar-refractivity contribution in [3.8, 4) is 0 Å². The Morgan fingerprint density at radius 1 is 1.33 bits per heavy atom. The van der Waals surface area contributed by atoms with Gasteiger partial charge in [0.15, 0.2) is 0 Å². The van der Waals surface area contributed by atoms with E-state index in [1.165, 1.54) is 0 Å². The van der Waals surface area contributed by atoms with E-state index in [0.29, 0.717) is 26.1 Å². The van der Waals surface area contributed by atoms with Crippen molar-refractivity contribution in [2.45, 2.75) is 38.9 Å². The van der Waals surface area contributed by atoms with E-state index in [4.69, 9.17) is 0 Å². The monoisotopic (exact) mass is 370 g/mol. The Balaban J connectivity index is 1.52. The van der Waals surface area contributed by atoms with Gasteiger partial charge in [-0.2, -0.15) is 0 Å². The van der Waals surface area contributed by atoms with Crippen LogP contribution >= 0.6 is 0 Å². The topological polar surface area (TPSA) is 92.1 Å². The molecule has 2 heterocycles. The molecule has 1 atom stereocenters. The summed E-state index contributed by atoms with van der Waals surface area (Å²) in [5.41, 5.74) is 1.14. The molecule has 1 aliphatic heterocycles. The van der Waals surface area contributed by atoms with Gasteiger partial charge in [-0.1, -0.05) is 30.3 Å². The molecule has 27 heavy (non-hydrogen) atoms. The van der Waals surface area contributed by atoms with Crippen LogP contribution < -0.4 is 10.6 Å². The molecule has 1 saturated heterocycles. The van der Waals surface area contributed by atoms with Gasteiger partial charge in [0.05, 0.1) is 12.5 Å². The highest BCUT2D eigenvalue weighted by molar-refractivity contribution is 5.88. The van der Waals surface area contributed by atoms with Gasteiger partial charge >= 0.3 is 0 Å². The average Bonchev–Trinajstić information content (AvgIpc) is 3.13. The average molecular weight is 370 g/mol. The van der Waals surface area contributed by atoms with Crippen LogP contribution in [0.25, 0.3) is 0 Å². The third-order valence-corrected chi connectivity index (χ3v) is 4.76. The van der Waals surface area contributed by atoms with Crippen molar-refractivity contribution in [2.24, 2.45) is 0 Å². The first-order valence-corrected chi connectivity index (χ1v) is 9.36. The lowest BCUT2D eigenvalue weighted by Crippen LogP contribution is -2.56. The van der Waals surface area contributed by atoms with Crippen molar-refractivity contribution in [2.75, 3.05) is 19.6 Å². The van der Waals surface area contributed by atoms with Crippen LogP contribution in [-0.4, -0.2) is 57.2 Å². The molecule has 2 amide bonds. The quantitative estimate of drug-likeness (QED) is 0.699. The van der Waals surface area contributed by atoms with Crippen LogP contribution in [-0.2, 0) is 29.1 Å². The summed E-state index contributed by atoms with van der Waals surface area (Å²) in [6.45, 7) is 5.30. The summed E-state index contributed by atoms with van der Waals surface area (Å²) in [6, 6.07) is 9.56. The molecule has 0 saturated carbocycles. The van der Waals surface area contributed by atoms with Crippen LogP contribution in [0.4, 0.5) is 0 Å². The number of nitrogens with zero attached hydrogens (tertiary/aromatic N) is 4. The number of rotatable bonds is 8. The largest absolute Gasteiger partial charge is 0.356 e. The van der Waals surface area contributed by atoms with Crippen molar-refractivity contribution in [3.63, 3.8) is 0 Å². The van der Waals surface area contributed by atoms with Crippen LogP contribution in [0.3, 0.4) is 0 Å². The molecule has 1 aromatic carbocycles. The molecule has 1 aromatic heterocycles. The summed E-state index contributed by atoms with van der Waals surface area (Å²) in [5, 5.41) is 13.7. The number of aryl methyl sites for hydroxylation is 1. The third kappa shape index (κ3) is 5.13. The van der Waals surface area contributed by atoms with E-state index in [-0.39, 0.29) is 18.2 Å². The van der Waals surface area contributed by atoms with Gasteiger partial charge in [-0.25, -0.2) is 0 Å². The van der Waals surface area contributed by atoms with Gasteiger partial charge in [0.1, 0.15) is 12.2 Å². The summed E-state index contributed by atoms with van der Waals surface area (Å²) in [4.78, 5) is 26.8. The fourth-order valence-corrected chi connectivity index (χ4v) is 3.29. The van der Waals surface area contributed by atoms with Crippen LogP contribution in [0, 0.1) is 0 Å². The molecule has 8 heteroatoms. The molecule has 3 rings (SSSR count). The van der Waals surface area contributed by atoms with E-state index in [1.54, 1.807) is 6.33 Å². The fourth-order valence-electron chi connectivity index (χ4n) is 3.29. The molecule has 2 aromatic rings. The van der Waals surface area contributed by atoms with Crippen molar-refractivity contribution in [1.29, 1.82) is 0 Å². The Kier molecular flexibility index (Phi) is 6.54. The molecule has 0 spiro atoms. The highest BCUT2D eigenvalue weighted by atomic mass is 16.2. The predicted octanol–water partition coefficient (Wildman–Crippen LogP) is 0.347. The van der Waals surface area contributed by atoms with Crippen molar-refractivity contribution in [1.82, 2.24) is 30.3 Å². The number of hydrogen-bond donors (Lipinski definition) is 2. The number of aromatic nitrogens is 3. The second-order valence-corrected chi connectivity index (χ2v) is 6.60. The number of piperazine rings is 1. The second-order valence-electron chi connectivity index (χ2n) is 6.60. The molecule has 1 fully saturated rings. The van der Waals surface area contributed by atoms with E-state index in [9.17, 15) is 9.59 Å². The minimum Gasteiger partial charge on any atom is -0.356 e. The van der Waals surface area contributed by atoms with Gasteiger partial charge in [-0.15, -0.1) is 10.2 Å². The number of hydrogen-bond acceptors (Lipinski definition) is 5. The summed E-state index contributed by atoms with van der Waals surface area (Å²) in [6.07, 6.45) is 2.45. The van der Waals surface area contributed by atoms with Gasteiger partial charge in [-0.05, 0) is 12.5 Å². The summed E-state index contributed by atoms with van der Waals surface area (Å²) in [5.74, 6) is 0.634. The maximum absolute atomic E-state index is 12.4. The third-order valence-electron chi connectivity index (χ3n) is 4.76. The van der Waals surface area contributed by atoms with Crippen molar-refractivity contribution in [3.05, 3.63) is 48.0 Å². The Labute approximate surface area is 159 Å². The zero-order chi connectivity index (χ0) is 19.1.